The van der Waals surface area contributed by atoms with E-state index in [9.17, 15) is 14.7 Å². The number of halogens is 3. The van der Waals surface area contributed by atoms with Crippen LogP contribution in [-0.4, -0.2) is 22.2 Å². The largest absolute Gasteiger partial charge is 0.477 e. The summed E-state index contributed by atoms with van der Waals surface area (Å²) in [7, 11) is 0. The molecule has 2 aliphatic rings. The van der Waals surface area contributed by atoms with E-state index in [1.807, 2.05) is 6.07 Å². The molecular weight excluding hydrogens is 480 g/mol. The van der Waals surface area contributed by atoms with Crippen LogP contribution in [0.15, 0.2) is 20.8 Å². The van der Waals surface area contributed by atoms with E-state index in [0.717, 1.165) is 33.3 Å². The molecule has 1 fully saturated rings. The van der Waals surface area contributed by atoms with Crippen LogP contribution < -0.4 is 16.1 Å². The van der Waals surface area contributed by atoms with E-state index in [0.29, 0.717) is 19.5 Å². The van der Waals surface area contributed by atoms with E-state index in [4.69, 9.17) is 5.73 Å². The third-order valence-corrected chi connectivity index (χ3v) is 7.43. The SMILES string of the molecule is Nc1c(F)c(N2CCc3sc(Br)cc3C2)c(F)c2c1c(=O)c(C(=O)O)cn2C1CC1. The fraction of sp³-hybridized carbons (Fsp3) is 0.300. The number of rotatable bonds is 3. The van der Waals surface area contributed by atoms with Crippen LogP contribution in [0.3, 0.4) is 0 Å². The Kier molecular flexibility index (Phi) is 4.41. The number of carbonyl (C=O) groups is 1. The summed E-state index contributed by atoms with van der Waals surface area (Å²) in [4.78, 5) is 27.0. The highest BCUT2D eigenvalue weighted by atomic mass is 79.9. The first-order chi connectivity index (χ1) is 14.3. The average molecular weight is 496 g/mol. The standard InChI is InChI=1S/C20H16BrF2N3O3S/c21-12-5-8-6-25(4-3-11(8)30-12)18-14(22)16(24)13-17(15(18)23)26(9-1-2-9)7-10(19(13)27)20(28)29/h5,7,9H,1-4,6,24H2,(H,28,29). The second-order valence-electron chi connectivity index (χ2n) is 7.60. The third kappa shape index (κ3) is 2.84. The summed E-state index contributed by atoms with van der Waals surface area (Å²) in [5.41, 5.74) is 4.53. The van der Waals surface area contributed by atoms with Crippen LogP contribution in [0.4, 0.5) is 20.2 Å². The van der Waals surface area contributed by atoms with Gasteiger partial charge in [0.2, 0.25) is 5.43 Å². The number of nitrogens with zero attached hydrogens (tertiary/aromatic N) is 2. The smallest absolute Gasteiger partial charge is 0.341 e. The monoisotopic (exact) mass is 495 g/mol. The predicted molar refractivity (Wildman–Crippen MR) is 115 cm³/mol. The van der Waals surface area contributed by atoms with Gasteiger partial charge in [0.25, 0.3) is 0 Å². The second-order valence-corrected chi connectivity index (χ2v) is 10.1. The van der Waals surface area contributed by atoms with Crippen molar-refractivity contribution in [2.75, 3.05) is 17.2 Å². The Bertz CT molecular complexity index is 1300. The fourth-order valence-electron chi connectivity index (χ4n) is 4.11. The lowest BCUT2D eigenvalue weighted by Gasteiger charge is -2.30. The number of nitrogen functional groups attached to an aromatic ring is 1. The first-order valence-corrected chi connectivity index (χ1v) is 11.0. The zero-order valence-corrected chi connectivity index (χ0v) is 17.9. The molecule has 0 unspecified atom stereocenters. The minimum atomic E-state index is -1.45. The van der Waals surface area contributed by atoms with Gasteiger partial charge >= 0.3 is 5.97 Å². The van der Waals surface area contributed by atoms with Crippen LogP contribution >= 0.6 is 27.3 Å². The van der Waals surface area contributed by atoms with Gasteiger partial charge in [-0.15, -0.1) is 11.3 Å². The summed E-state index contributed by atoms with van der Waals surface area (Å²) >= 11 is 5.05. The highest BCUT2D eigenvalue weighted by Gasteiger charge is 2.33. The Morgan fingerprint density at radius 2 is 2.03 bits per heavy atom. The van der Waals surface area contributed by atoms with Gasteiger partial charge in [0.1, 0.15) is 11.3 Å². The van der Waals surface area contributed by atoms with E-state index >= 15 is 8.78 Å². The molecule has 0 spiro atoms. The number of hydrogen-bond acceptors (Lipinski definition) is 5. The Morgan fingerprint density at radius 1 is 1.30 bits per heavy atom. The van der Waals surface area contributed by atoms with Crippen molar-refractivity contribution in [2.45, 2.75) is 31.8 Å². The van der Waals surface area contributed by atoms with Gasteiger partial charge in [-0.2, -0.15) is 0 Å². The lowest BCUT2D eigenvalue weighted by molar-refractivity contribution is 0.0695. The van der Waals surface area contributed by atoms with Crippen molar-refractivity contribution in [2.24, 2.45) is 0 Å². The summed E-state index contributed by atoms with van der Waals surface area (Å²) in [5.74, 6) is -3.36. The quantitative estimate of drug-likeness (QED) is 0.529. The van der Waals surface area contributed by atoms with Gasteiger partial charge in [0.15, 0.2) is 11.6 Å². The first-order valence-electron chi connectivity index (χ1n) is 9.38. The number of thiophene rings is 1. The van der Waals surface area contributed by atoms with E-state index in [-0.39, 0.29) is 17.2 Å². The zero-order valence-electron chi connectivity index (χ0n) is 15.5. The lowest BCUT2D eigenvalue weighted by atomic mass is 10.0. The number of carboxylic acid groups (broad SMARTS) is 1. The summed E-state index contributed by atoms with van der Waals surface area (Å²) in [6.07, 6.45) is 3.23. The lowest BCUT2D eigenvalue weighted by Crippen LogP contribution is -2.32. The molecule has 1 aliphatic carbocycles. The Hall–Kier alpha value is -2.46. The number of aromatic carboxylic acids is 1. The molecule has 6 nitrogen and oxygen atoms in total. The van der Waals surface area contributed by atoms with Gasteiger partial charge in [-0.3, -0.25) is 4.79 Å². The average Bonchev–Trinajstić information content (AvgIpc) is 3.46. The van der Waals surface area contributed by atoms with Crippen LogP contribution in [0.2, 0.25) is 0 Å². The van der Waals surface area contributed by atoms with E-state index in [2.05, 4.69) is 15.9 Å². The molecular formula is C20H16BrF2N3O3S. The van der Waals surface area contributed by atoms with Crippen LogP contribution in [-0.2, 0) is 13.0 Å². The molecule has 1 aliphatic heterocycles. The maximum Gasteiger partial charge on any atom is 0.341 e. The van der Waals surface area contributed by atoms with Crippen molar-refractivity contribution in [3.05, 3.63) is 53.9 Å². The Morgan fingerprint density at radius 3 is 2.70 bits per heavy atom. The molecule has 1 saturated carbocycles. The third-order valence-electron chi connectivity index (χ3n) is 5.69. The molecule has 0 atom stereocenters. The fourth-order valence-corrected chi connectivity index (χ4v) is 5.86. The summed E-state index contributed by atoms with van der Waals surface area (Å²) in [5, 5.41) is 8.98. The van der Waals surface area contributed by atoms with Crippen LogP contribution in [0, 0.1) is 11.6 Å². The number of aromatic nitrogens is 1. The molecule has 156 valence electrons. The summed E-state index contributed by atoms with van der Waals surface area (Å²) in [6, 6.07) is 1.80. The van der Waals surface area contributed by atoms with Crippen molar-refractivity contribution < 1.29 is 18.7 Å². The highest BCUT2D eigenvalue weighted by molar-refractivity contribution is 9.11. The number of benzene rings is 1. The van der Waals surface area contributed by atoms with Crippen LogP contribution in [0.5, 0.6) is 0 Å². The van der Waals surface area contributed by atoms with E-state index in [1.54, 1.807) is 16.2 Å². The number of anilines is 2. The molecule has 2 aromatic heterocycles. The number of hydrogen-bond donors (Lipinski definition) is 2. The summed E-state index contributed by atoms with van der Waals surface area (Å²) in [6.45, 7) is 0.719. The maximum absolute atomic E-state index is 15.8. The van der Waals surface area contributed by atoms with Crippen molar-refractivity contribution in [3.63, 3.8) is 0 Å². The Balaban J connectivity index is 1.77. The van der Waals surface area contributed by atoms with Crippen molar-refractivity contribution in [3.8, 4) is 0 Å². The summed E-state index contributed by atoms with van der Waals surface area (Å²) < 4.78 is 33.5. The maximum atomic E-state index is 15.8. The Labute approximate surface area is 181 Å². The molecule has 1 aromatic carbocycles. The zero-order chi connectivity index (χ0) is 21.3. The molecule has 30 heavy (non-hydrogen) atoms. The van der Waals surface area contributed by atoms with Crippen molar-refractivity contribution in [1.82, 2.24) is 4.57 Å². The van der Waals surface area contributed by atoms with Crippen LogP contribution in [0.1, 0.15) is 39.7 Å². The van der Waals surface area contributed by atoms with Crippen molar-refractivity contribution in [1.29, 1.82) is 0 Å². The van der Waals surface area contributed by atoms with Gasteiger partial charge < -0.3 is 20.3 Å². The molecule has 0 radical (unpaired) electrons. The minimum absolute atomic E-state index is 0.126. The van der Waals surface area contributed by atoms with Gasteiger partial charge in [-0.25, -0.2) is 13.6 Å². The first kappa shape index (κ1) is 19.5. The van der Waals surface area contributed by atoms with Crippen LogP contribution in [0.25, 0.3) is 10.9 Å². The molecule has 0 amide bonds. The molecule has 3 aromatic rings. The predicted octanol–water partition coefficient (Wildman–Crippen LogP) is 4.28. The number of carboxylic acids is 1. The number of pyridine rings is 1. The van der Waals surface area contributed by atoms with E-state index < -0.39 is 39.7 Å². The molecule has 0 bridgehead atoms. The van der Waals surface area contributed by atoms with Gasteiger partial charge in [-0.05, 0) is 46.8 Å². The molecule has 3 heterocycles. The molecule has 3 N–H and O–H groups in total. The number of nitrogens with two attached hydrogens (primary N) is 1. The van der Waals surface area contributed by atoms with Gasteiger partial charge in [0.05, 0.1) is 20.4 Å². The van der Waals surface area contributed by atoms with E-state index in [1.165, 1.54) is 4.57 Å². The molecule has 0 saturated heterocycles. The van der Waals surface area contributed by atoms with Gasteiger partial charge in [-0.1, -0.05) is 0 Å². The molecule has 5 rings (SSSR count). The normalized spacial score (nSPS) is 16.2. The topological polar surface area (TPSA) is 88.6 Å². The minimum Gasteiger partial charge on any atom is -0.477 e. The second kappa shape index (κ2) is 6.78. The molecule has 10 heteroatoms. The number of fused-ring (bicyclic) bond motifs is 2. The highest BCUT2D eigenvalue weighted by Crippen LogP contribution is 2.43. The van der Waals surface area contributed by atoms with Crippen molar-refractivity contribution >= 4 is 55.5 Å². The van der Waals surface area contributed by atoms with Gasteiger partial charge in [0, 0.05) is 30.2 Å².